The number of imide groups is 1. The molecule has 1 N–H and O–H groups in total. The van der Waals surface area contributed by atoms with Gasteiger partial charge in [0.25, 0.3) is 0 Å². The van der Waals surface area contributed by atoms with E-state index in [4.69, 9.17) is 5.11 Å². The number of carbonyl (C=O) groups is 2. The highest BCUT2D eigenvalue weighted by molar-refractivity contribution is 6.05. The summed E-state index contributed by atoms with van der Waals surface area (Å²) in [4.78, 5) is 25.5. The fourth-order valence-electron chi connectivity index (χ4n) is 2.58. The summed E-state index contributed by atoms with van der Waals surface area (Å²) in [6.45, 7) is 1.82. The van der Waals surface area contributed by atoms with Crippen molar-refractivity contribution in [3.05, 3.63) is 12.2 Å². The van der Waals surface area contributed by atoms with Crippen LogP contribution in [-0.4, -0.2) is 34.5 Å². The molecule has 2 amide bonds. The second-order valence-corrected chi connectivity index (χ2v) is 4.56. The van der Waals surface area contributed by atoms with E-state index in [1.807, 2.05) is 19.1 Å². The molecule has 2 aliphatic rings. The molecule has 0 saturated carbocycles. The van der Waals surface area contributed by atoms with E-state index in [1.54, 1.807) is 0 Å². The Morgan fingerprint density at radius 3 is 2.25 bits per heavy atom. The van der Waals surface area contributed by atoms with Crippen molar-refractivity contribution in [2.75, 3.05) is 6.61 Å². The largest absolute Gasteiger partial charge is 0.396 e. The summed E-state index contributed by atoms with van der Waals surface area (Å²) in [5, 5.41) is 8.87. The lowest BCUT2D eigenvalue weighted by Gasteiger charge is -2.22. The Morgan fingerprint density at radius 1 is 1.31 bits per heavy atom. The Bertz CT molecular complexity index is 311. The Morgan fingerprint density at radius 2 is 1.81 bits per heavy atom. The molecule has 3 unspecified atom stereocenters. The standard InChI is InChI=1S/C12H17NO3/c1-8(6-7-14)13-11(15)9-4-2-3-5-10(9)12(13)16/h2-3,8-10,14H,4-7H2,1H3. The highest BCUT2D eigenvalue weighted by Crippen LogP contribution is 2.36. The number of nitrogens with zero attached hydrogens (tertiary/aromatic N) is 1. The van der Waals surface area contributed by atoms with Crippen molar-refractivity contribution >= 4 is 11.8 Å². The number of rotatable bonds is 3. The number of aliphatic hydroxyl groups excluding tert-OH is 1. The van der Waals surface area contributed by atoms with Crippen LogP contribution in [0.1, 0.15) is 26.2 Å². The minimum absolute atomic E-state index is 0.00576. The van der Waals surface area contributed by atoms with Crippen molar-refractivity contribution in [2.45, 2.75) is 32.2 Å². The Balaban J connectivity index is 2.17. The van der Waals surface area contributed by atoms with Gasteiger partial charge >= 0.3 is 0 Å². The lowest BCUT2D eigenvalue weighted by atomic mass is 9.85. The predicted octanol–water partition coefficient (Wildman–Crippen LogP) is 0.708. The average molecular weight is 223 g/mol. The molecule has 2 rings (SSSR count). The van der Waals surface area contributed by atoms with Crippen LogP contribution in [0.3, 0.4) is 0 Å². The summed E-state index contributed by atoms with van der Waals surface area (Å²) in [6.07, 6.45) is 5.78. The molecule has 1 aliphatic heterocycles. The maximum Gasteiger partial charge on any atom is 0.233 e. The van der Waals surface area contributed by atoms with Crippen molar-refractivity contribution in [3.8, 4) is 0 Å². The van der Waals surface area contributed by atoms with Crippen molar-refractivity contribution in [2.24, 2.45) is 11.8 Å². The summed E-state index contributed by atoms with van der Waals surface area (Å²) in [5.74, 6) is -0.419. The number of hydrogen-bond donors (Lipinski definition) is 1. The molecule has 1 heterocycles. The molecular weight excluding hydrogens is 206 g/mol. The zero-order chi connectivity index (χ0) is 11.7. The first-order valence-corrected chi connectivity index (χ1v) is 5.79. The van der Waals surface area contributed by atoms with Crippen molar-refractivity contribution in [1.82, 2.24) is 4.90 Å². The number of aliphatic hydroxyl groups is 1. The Labute approximate surface area is 94.9 Å². The molecule has 1 saturated heterocycles. The third kappa shape index (κ3) is 1.67. The first-order chi connectivity index (χ1) is 7.66. The van der Waals surface area contributed by atoms with E-state index < -0.39 is 0 Å². The third-order valence-corrected chi connectivity index (χ3v) is 3.53. The molecule has 4 heteroatoms. The van der Waals surface area contributed by atoms with Crippen molar-refractivity contribution in [1.29, 1.82) is 0 Å². The average Bonchev–Trinajstić information content (AvgIpc) is 2.53. The molecule has 0 radical (unpaired) electrons. The molecule has 16 heavy (non-hydrogen) atoms. The Hall–Kier alpha value is -1.16. The molecule has 3 atom stereocenters. The third-order valence-electron chi connectivity index (χ3n) is 3.53. The van der Waals surface area contributed by atoms with Gasteiger partial charge in [0.1, 0.15) is 0 Å². The highest BCUT2D eigenvalue weighted by Gasteiger charge is 2.48. The Kier molecular flexibility index (Phi) is 3.10. The lowest BCUT2D eigenvalue weighted by molar-refractivity contribution is -0.142. The van der Waals surface area contributed by atoms with E-state index in [2.05, 4.69) is 0 Å². The first kappa shape index (κ1) is 11.3. The van der Waals surface area contributed by atoms with E-state index in [-0.39, 0.29) is 36.3 Å². The molecule has 88 valence electrons. The van der Waals surface area contributed by atoms with Crippen LogP contribution in [0.2, 0.25) is 0 Å². The number of amides is 2. The predicted molar refractivity (Wildman–Crippen MR) is 58.4 cm³/mol. The van der Waals surface area contributed by atoms with Gasteiger partial charge < -0.3 is 5.11 Å². The molecule has 0 aromatic heterocycles. The fraction of sp³-hybridized carbons (Fsp3) is 0.667. The topological polar surface area (TPSA) is 57.6 Å². The van der Waals surface area contributed by atoms with Crippen LogP contribution < -0.4 is 0 Å². The quantitative estimate of drug-likeness (QED) is 0.566. The fourth-order valence-corrected chi connectivity index (χ4v) is 2.58. The van der Waals surface area contributed by atoms with Crippen LogP contribution in [0.25, 0.3) is 0 Å². The SMILES string of the molecule is CC(CCO)N1C(=O)C2CC=CCC2C1=O. The number of likely N-dealkylation sites (tertiary alicyclic amines) is 1. The van der Waals surface area contributed by atoms with Gasteiger partial charge in [0, 0.05) is 12.6 Å². The maximum absolute atomic E-state index is 12.1. The van der Waals surface area contributed by atoms with E-state index in [0.717, 1.165) is 0 Å². The minimum Gasteiger partial charge on any atom is -0.396 e. The summed E-state index contributed by atoms with van der Waals surface area (Å²) >= 11 is 0. The first-order valence-electron chi connectivity index (χ1n) is 5.79. The van der Waals surface area contributed by atoms with Gasteiger partial charge in [-0.2, -0.15) is 0 Å². The molecule has 0 aromatic carbocycles. The molecule has 0 bridgehead atoms. The summed E-state index contributed by atoms with van der Waals surface area (Å²) in [7, 11) is 0. The van der Waals surface area contributed by atoms with Gasteiger partial charge in [0.2, 0.25) is 11.8 Å². The molecule has 1 aliphatic carbocycles. The molecule has 0 spiro atoms. The maximum atomic E-state index is 12.1. The molecule has 4 nitrogen and oxygen atoms in total. The van der Waals surface area contributed by atoms with Crippen molar-refractivity contribution in [3.63, 3.8) is 0 Å². The van der Waals surface area contributed by atoms with Gasteiger partial charge in [0.05, 0.1) is 11.8 Å². The second-order valence-electron chi connectivity index (χ2n) is 4.56. The van der Waals surface area contributed by atoms with E-state index in [9.17, 15) is 9.59 Å². The number of hydrogen-bond acceptors (Lipinski definition) is 3. The minimum atomic E-state index is -0.185. The van der Waals surface area contributed by atoms with Crippen LogP contribution in [0.15, 0.2) is 12.2 Å². The van der Waals surface area contributed by atoms with E-state index in [1.165, 1.54) is 4.90 Å². The van der Waals surface area contributed by atoms with Crippen LogP contribution >= 0.6 is 0 Å². The summed E-state index contributed by atoms with van der Waals surface area (Å²) < 4.78 is 0. The number of allylic oxidation sites excluding steroid dienone is 2. The van der Waals surface area contributed by atoms with Gasteiger partial charge in [-0.25, -0.2) is 0 Å². The zero-order valence-corrected chi connectivity index (χ0v) is 9.43. The monoisotopic (exact) mass is 223 g/mol. The van der Waals surface area contributed by atoms with E-state index in [0.29, 0.717) is 19.3 Å². The van der Waals surface area contributed by atoms with Crippen LogP contribution in [0.5, 0.6) is 0 Å². The van der Waals surface area contributed by atoms with Crippen LogP contribution in [0, 0.1) is 11.8 Å². The van der Waals surface area contributed by atoms with Crippen molar-refractivity contribution < 1.29 is 14.7 Å². The smallest absolute Gasteiger partial charge is 0.233 e. The van der Waals surface area contributed by atoms with Gasteiger partial charge in [-0.3, -0.25) is 14.5 Å². The number of fused-ring (bicyclic) bond motifs is 1. The normalized spacial score (nSPS) is 30.8. The van der Waals surface area contributed by atoms with Crippen LogP contribution in [0.4, 0.5) is 0 Å². The van der Waals surface area contributed by atoms with Gasteiger partial charge in [-0.05, 0) is 26.2 Å². The van der Waals surface area contributed by atoms with Gasteiger partial charge in [-0.1, -0.05) is 12.2 Å². The van der Waals surface area contributed by atoms with E-state index >= 15 is 0 Å². The molecule has 0 aromatic rings. The highest BCUT2D eigenvalue weighted by atomic mass is 16.3. The zero-order valence-electron chi connectivity index (χ0n) is 9.43. The van der Waals surface area contributed by atoms with Crippen LogP contribution in [-0.2, 0) is 9.59 Å². The summed E-state index contributed by atoms with van der Waals surface area (Å²) in [5.41, 5.74) is 0. The second kappa shape index (κ2) is 4.37. The summed E-state index contributed by atoms with van der Waals surface area (Å²) in [6, 6.07) is -0.185. The molecule has 1 fully saturated rings. The lowest BCUT2D eigenvalue weighted by Crippen LogP contribution is -2.39. The number of carbonyl (C=O) groups excluding carboxylic acids is 2. The van der Waals surface area contributed by atoms with Gasteiger partial charge in [-0.15, -0.1) is 0 Å². The van der Waals surface area contributed by atoms with Gasteiger partial charge in [0.15, 0.2) is 0 Å². The molecular formula is C12H17NO3.